The Morgan fingerprint density at radius 1 is 1.17 bits per heavy atom. The molecule has 1 aromatic carbocycles. The molecule has 7 nitrogen and oxygen atoms in total. The highest BCUT2D eigenvalue weighted by Gasteiger charge is 2.72. The Bertz CT molecular complexity index is 1070. The quantitative estimate of drug-likeness (QED) is 0.468. The van der Waals surface area contributed by atoms with E-state index < -0.39 is 28.7 Å². The average Bonchev–Trinajstić information content (AvgIpc) is 3.24. The number of nitrogens with zero attached hydrogens (tertiary/aromatic N) is 2. The molecule has 1 spiro atoms. The molecule has 1 N–H and O–H groups in total. The number of hydrogen-bond donors (Lipinski definition) is 1. The van der Waals surface area contributed by atoms with Gasteiger partial charge in [-0.1, -0.05) is 68.0 Å². The zero-order valence-electron chi connectivity index (χ0n) is 20.8. The maximum Gasteiger partial charge on any atom is 0.311 e. The Balaban J connectivity index is 1.66. The van der Waals surface area contributed by atoms with Crippen LogP contribution in [0.15, 0.2) is 54.6 Å². The first-order valence-electron chi connectivity index (χ1n) is 12.9. The van der Waals surface area contributed by atoms with Crippen molar-refractivity contribution in [3.05, 3.63) is 60.2 Å². The van der Waals surface area contributed by atoms with Crippen LogP contribution in [0, 0.1) is 11.8 Å². The van der Waals surface area contributed by atoms with Crippen molar-refractivity contribution < 1.29 is 24.2 Å². The van der Waals surface area contributed by atoms with E-state index in [0.717, 1.165) is 18.4 Å². The topological polar surface area (TPSA) is 87.2 Å². The second-order valence-electron chi connectivity index (χ2n) is 10.1. The van der Waals surface area contributed by atoms with Crippen LogP contribution in [-0.2, 0) is 19.1 Å². The van der Waals surface area contributed by atoms with E-state index in [2.05, 4.69) is 6.92 Å². The summed E-state index contributed by atoms with van der Waals surface area (Å²) >= 11 is 1.53. The smallest absolute Gasteiger partial charge is 0.311 e. The fourth-order valence-corrected chi connectivity index (χ4v) is 8.39. The van der Waals surface area contributed by atoms with Crippen molar-refractivity contribution in [2.75, 3.05) is 19.8 Å². The van der Waals surface area contributed by atoms with E-state index in [-0.39, 0.29) is 42.3 Å². The lowest BCUT2D eigenvalue weighted by Crippen LogP contribution is -2.55. The third kappa shape index (κ3) is 3.89. The van der Waals surface area contributed by atoms with E-state index in [4.69, 9.17) is 4.74 Å². The van der Waals surface area contributed by atoms with Crippen LogP contribution in [0.3, 0.4) is 0 Å². The second-order valence-corrected chi connectivity index (χ2v) is 11.6. The first-order valence-corrected chi connectivity index (χ1v) is 13.8. The van der Waals surface area contributed by atoms with Crippen LogP contribution < -0.4 is 0 Å². The van der Waals surface area contributed by atoms with Gasteiger partial charge >= 0.3 is 5.97 Å². The van der Waals surface area contributed by atoms with Crippen molar-refractivity contribution in [1.29, 1.82) is 0 Å². The highest BCUT2D eigenvalue weighted by molar-refractivity contribution is 8.02. The Labute approximate surface area is 216 Å². The molecule has 4 aliphatic heterocycles. The highest BCUT2D eigenvalue weighted by Crippen LogP contribution is 2.62. The number of cyclic esters (lactones) is 1. The molecule has 0 aliphatic carbocycles. The summed E-state index contributed by atoms with van der Waals surface area (Å²) in [4.78, 5) is 45.4. The first-order chi connectivity index (χ1) is 17.4. The first kappa shape index (κ1) is 25.1. The summed E-state index contributed by atoms with van der Waals surface area (Å²) in [5.41, 5.74) is 0.763. The molecule has 8 heteroatoms. The Morgan fingerprint density at radius 2 is 1.94 bits per heavy atom. The summed E-state index contributed by atoms with van der Waals surface area (Å²) in [7, 11) is 0. The van der Waals surface area contributed by atoms with Gasteiger partial charge in [0.25, 0.3) is 0 Å². The zero-order valence-corrected chi connectivity index (χ0v) is 21.6. The molecule has 0 aromatic heterocycles. The predicted octanol–water partition coefficient (Wildman–Crippen LogP) is 3.11. The van der Waals surface area contributed by atoms with E-state index >= 15 is 0 Å². The minimum Gasteiger partial charge on any atom is -0.465 e. The number of aliphatic hydroxyl groups is 1. The number of likely N-dealkylation sites (tertiary alicyclic amines) is 1. The van der Waals surface area contributed by atoms with Gasteiger partial charge in [-0.15, -0.1) is 11.8 Å². The monoisotopic (exact) mass is 510 g/mol. The molecule has 5 rings (SSSR count). The van der Waals surface area contributed by atoms with Crippen molar-refractivity contribution in [1.82, 2.24) is 9.80 Å². The summed E-state index contributed by atoms with van der Waals surface area (Å²) in [5, 5.41) is 10.3. The lowest BCUT2D eigenvalue weighted by Gasteiger charge is -2.40. The molecule has 2 unspecified atom stereocenters. The molecule has 7 atom stereocenters. The van der Waals surface area contributed by atoms with Gasteiger partial charge in [0, 0.05) is 17.8 Å². The summed E-state index contributed by atoms with van der Waals surface area (Å²) in [6.07, 6.45) is 10.4. The molecule has 0 radical (unpaired) electrons. The summed E-state index contributed by atoms with van der Waals surface area (Å²) in [6, 6.07) is 7.83. The lowest BCUT2D eigenvalue weighted by molar-refractivity contribution is -0.153. The summed E-state index contributed by atoms with van der Waals surface area (Å²) < 4.78 is 4.63. The maximum atomic E-state index is 14.4. The van der Waals surface area contributed by atoms with Gasteiger partial charge in [-0.2, -0.15) is 0 Å². The normalized spacial score (nSPS) is 33.2. The van der Waals surface area contributed by atoms with E-state index in [1.807, 2.05) is 66.5 Å². The summed E-state index contributed by atoms with van der Waals surface area (Å²) in [6.45, 7) is 4.56. The molecule has 0 bridgehead atoms. The van der Waals surface area contributed by atoms with Crippen molar-refractivity contribution >= 4 is 29.5 Å². The molecule has 192 valence electrons. The fraction of sp³-hybridized carbons (Fsp3) is 0.536. The molecule has 36 heavy (non-hydrogen) atoms. The number of esters is 1. The number of aliphatic hydroxyl groups excluding tert-OH is 1. The molecule has 4 heterocycles. The van der Waals surface area contributed by atoms with Crippen LogP contribution in [0.4, 0.5) is 0 Å². The molecule has 2 saturated heterocycles. The van der Waals surface area contributed by atoms with Gasteiger partial charge in [0.15, 0.2) is 0 Å². The number of amides is 2. The fourth-order valence-electron chi connectivity index (χ4n) is 6.40. The Morgan fingerprint density at radius 3 is 2.67 bits per heavy atom. The molecule has 4 aliphatic rings. The molecule has 0 saturated carbocycles. The second kappa shape index (κ2) is 10.1. The van der Waals surface area contributed by atoms with Crippen LogP contribution in [0.25, 0.3) is 0 Å². The number of carbonyl (C=O) groups is 3. The van der Waals surface area contributed by atoms with Gasteiger partial charge in [-0.25, -0.2) is 0 Å². The van der Waals surface area contributed by atoms with Gasteiger partial charge in [0.05, 0.1) is 35.8 Å². The molecule has 1 aromatic rings. The van der Waals surface area contributed by atoms with Gasteiger partial charge in [-0.3, -0.25) is 14.4 Å². The van der Waals surface area contributed by atoms with Gasteiger partial charge in [-0.05, 0) is 25.3 Å². The van der Waals surface area contributed by atoms with Gasteiger partial charge in [0.1, 0.15) is 6.04 Å². The van der Waals surface area contributed by atoms with Crippen molar-refractivity contribution in [3.63, 3.8) is 0 Å². The number of carbonyl (C=O) groups excluding carboxylic acids is 3. The Kier molecular flexibility index (Phi) is 7.01. The van der Waals surface area contributed by atoms with Gasteiger partial charge in [0.2, 0.25) is 11.8 Å². The number of ether oxygens (including phenoxy) is 1. The molecule has 2 amide bonds. The van der Waals surface area contributed by atoms with Crippen molar-refractivity contribution in [3.8, 4) is 0 Å². The van der Waals surface area contributed by atoms with E-state index in [9.17, 15) is 19.5 Å². The number of rotatable bonds is 6. The number of hydrogen-bond acceptors (Lipinski definition) is 6. The lowest BCUT2D eigenvalue weighted by atomic mass is 9.78. The molecule has 2 fully saturated rings. The predicted molar refractivity (Wildman–Crippen MR) is 138 cm³/mol. The largest absolute Gasteiger partial charge is 0.465 e. The molecular weight excluding hydrogens is 476 g/mol. The van der Waals surface area contributed by atoms with Crippen LogP contribution in [0.2, 0.25) is 0 Å². The average molecular weight is 511 g/mol. The standard InChI is InChI=1S/C28H34N2O5S/c1-3-10-18(2)29-15-9-14-28-23(22-21(36-28)13-7-8-16-35-27(22)34)25(32)30(24(28)26(29)33)20(17-31)19-11-5-4-6-12-19/h4-7,9,11-14,18,20-24,31H,3,8,10,15-17H2,1-2H3/t18?,20-,21+,22-,23+,24?,28+/m1/s1. The number of thioether (sulfide) groups is 1. The summed E-state index contributed by atoms with van der Waals surface area (Å²) in [5.74, 6) is -2.19. The van der Waals surface area contributed by atoms with E-state index in [0.29, 0.717) is 13.0 Å². The van der Waals surface area contributed by atoms with Crippen LogP contribution >= 0.6 is 11.8 Å². The van der Waals surface area contributed by atoms with Crippen LogP contribution in [0.5, 0.6) is 0 Å². The number of fused-ring (bicyclic) bond motifs is 2. The number of benzene rings is 1. The van der Waals surface area contributed by atoms with E-state index in [1.165, 1.54) is 11.8 Å². The maximum absolute atomic E-state index is 14.4. The van der Waals surface area contributed by atoms with E-state index in [1.54, 1.807) is 4.90 Å². The van der Waals surface area contributed by atoms with Crippen LogP contribution in [-0.4, -0.2) is 74.5 Å². The van der Waals surface area contributed by atoms with Gasteiger partial charge < -0.3 is 19.6 Å². The highest BCUT2D eigenvalue weighted by atomic mass is 32.2. The third-order valence-corrected chi connectivity index (χ3v) is 9.77. The Hall–Kier alpha value is -2.58. The van der Waals surface area contributed by atoms with Crippen molar-refractivity contribution in [2.45, 2.75) is 61.2 Å². The zero-order chi connectivity index (χ0) is 25.4. The van der Waals surface area contributed by atoms with Crippen LogP contribution in [0.1, 0.15) is 44.7 Å². The third-order valence-electron chi connectivity index (χ3n) is 8.02. The minimum atomic E-state index is -0.917. The van der Waals surface area contributed by atoms with Crippen molar-refractivity contribution in [2.24, 2.45) is 11.8 Å². The minimum absolute atomic E-state index is 0.00699. The SMILES string of the molecule is CCCC(C)N1CC=C[C@]23S[C@H]4C=CCCOC(=O)[C@H]4[C@H]2C(=O)N([C@H](CO)c2ccccc2)C3C1=O. The molecular formula is C28H34N2O5S.